The van der Waals surface area contributed by atoms with Crippen molar-refractivity contribution in [2.75, 3.05) is 6.61 Å². The molecule has 26 heavy (non-hydrogen) atoms. The zero-order valence-corrected chi connectivity index (χ0v) is 16.6. The monoisotopic (exact) mass is 356 g/mol. The van der Waals surface area contributed by atoms with Crippen LogP contribution in [-0.2, 0) is 9.53 Å². The van der Waals surface area contributed by atoms with E-state index in [0.717, 1.165) is 0 Å². The maximum Gasteiger partial charge on any atom is 0.330 e. The minimum atomic E-state index is -0.314. The molecule has 0 spiro atoms. The first-order valence-electron chi connectivity index (χ1n) is 9.97. The third-order valence-electron chi connectivity index (χ3n) is 3.63. The fourth-order valence-electron chi connectivity index (χ4n) is 2.23. The molecule has 0 radical (unpaired) electrons. The Hall–Kier alpha value is -2.09. The number of carbonyl (C=O) groups excluding carboxylic acids is 1. The first kappa shape index (κ1) is 23.9. The minimum absolute atomic E-state index is 0.314. The van der Waals surface area contributed by atoms with Crippen molar-refractivity contribution in [1.29, 1.82) is 0 Å². The second-order valence-electron chi connectivity index (χ2n) is 5.99. The quantitative estimate of drug-likeness (QED) is 0.136. The number of esters is 1. The second kappa shape index (κ2) is 21.0. The van der Waals surface area contributed by atoms with E-state index in [1.807, 2.05) is 36.5 Å². The molecule has 0 bridgehead atoms. The summed E-state index contributed by atoms with van der Waals surface area (Å²) in [5.41, 5.74) is 0. The third-order valence-corrected chi connectivity index (χ3v) is 3.63. The molecule has 2 nitrogen and oxygen atoms in total. The molecule has 0 aromatic carbocycles. The third kappa shape index (κ3) is 20.0. The average molecular weight is 357 g/mol. The standard InChI is InChI=1S/C24H36O2/c1-3-5-6-7-8-9-10-11-12-13-14-15-16-17-18-19-20-21-22-23-24(25)26-4-2/h12-23H,3-11H2,1-2H3/b13-12+,15-14-,17-16-,19-18-,21-20-,23-22-. The first-order valence-corrected chi connectivity index (χ1v) is 9.97. The van der Waals surface area contributed by atoms with Gasteiger partial charge in [-0.15, -0.1) is 0 Å². The van der Waals surface area contributed by atoms with Gasteiger partial charge in [-0.25, -0.2) is 4.79 Å². The van der Waals surface area contributed by atoms with E-state index in [1.165, 1.54) is 57.4 Å². The average Bonchev–Trinajstić information content (AvgIpc) is 2.64. The van der Waals surface area contributed by atoms with Crippen LogP contribution in [0.2, 0.25) is 0 Å². The van der Waals surface area contributed by atoms with Gasteiger partial charge >= 0.3 is 5.97 Å². The molecule has 144 valence electrons. The SMILES string of the molecule is CCCCCCCCC/C=C/C=C\C=C/C=C\C=C/C=C\C(=O)OCC. The molecule has 0 fully saturated rings. The highest BCUT2D eigenvalue weighted by atomic mass is 16.5. The van der Waals surface area contributed by atoms with Crippen LogP contribution in [0, 0.1) is 0 Å². The molecule has 0 aromatic heterocycles. The summed E-state index contributed by atoms with van der Waals surface area (Å²) in [5, 5.41) is 0. The molecule has 0 aliphatic carbocycles. The molecule has 0 aromatic rings. The summed E-state index contributed by atoms with van der Waals surface area (Å²) in [6.07, 6.45) is 33.7. The van der Waals surface area contributed by atoms with Crippen LogP contribution in [0.1, 0.15) is 65.2 Å². The zero-order chi connectivity index (χ0) is 19.1. The Kier molecular flexibility index (Phi) is 19.3. The summed E-state index contributed by atoms with van der Waals surface area (Å²) in [6, 6.07) is 0. The number of carbonyl (C=O) groups is 1. The lowest BCUT2D eigenvalue weighted by molar-refractivity contribution is -0.137. The van der Waals surface area contributed by atoms with Crippen LogP contribution in [-0.4, -0.2) is 12.6 Å². The number of rotatable bonds is 15. The van der Waals surface area contributed by atoms with Crippen molar-refractivity contribution in [1.82, 2.24) is 0 Å². The molecule has 0 saturated carbocycles. The fraction of sp³-hybridized carbons (Fsp3) is 0.458. The lowest BCUT2D eigenvalue weighted by Crippen LogP contribution is -1.98. The lowest BCUT2D eigenvalue weighted by Gasteiger charge is -1.98. The molecule has 0 aliphatic rings. The number of hydrogen-bond donors (Lipinski definition) is 0. The van der Waals surface area contributed by atoms with Crippen LogP contribution in [0.25, 0.3) is 0 Å². The van der Waals surface area contributed by atoms with Crippen LogP contribution in [0.3, 0.4) is 0 Å². The zero-order valence-electron chi connectivity index (χ0n) is 16.6. The number of unbranched alkanes of at least 4 members (excludes halogenated alkanes) is 7. The van der Waals surface area contributed by atoms with Crippen LogP contribution in [0.4, 0.5) is 0 Å². The molecular formula is C24H36O2. The van der Waals surface area contributed by atoms with Crippen molar-refractivity contribution >= 4 is 5.97 Å². The van der Waals surface area contributed by atoms with E-state index in [2.05, 4.69) is 25.2 Å². The molecule has 0 aliphatic heterocycles. The fourth-order valence-corrected chi connectivity index (χ4v) is 2.23. The van der Waals surface area contributed by atoms with Gasteiger partial charge in [0.25, 0.3) is 0 Å². The van der Waals surface area contributed by atoms with Crippen LogP contribution >= 0.6 is 0 Å². The Bertz CT molecular complexity index is 490. The highest BCUT2D eigenvalue weighted by Gasteiger charge is 1.89. The molecule has 0 saturated heterocycles. The van der Waals surface area contributed by atoms with Gasteiger partial charge in [0, 0.05) is 6.08 Å². The molecule has 0 rings (SSSR count). The van der Waals surface area contributed by atoms with E-state index in [-0.39, 0.29) is 5.97 Å². The Morgan fingerprint density at radius 2 is 1.15 bits per heavy atom. The van der Waals surface area contributed by atoms with Gasteiger partial charge < -0.3 is 4.74 Å². The van der Waals surface area contributed by atoms with Gasteiger partial charge in [0.15, 0.2) is 0 Å². The van der Waals surface area contributed by atoms with Crippen LogP contribution in [0.15, 0.2) is 72.9 Å². The van der Waals surface area contributed by atoms with Crippen LogP contribution in [0.5, 0.6) is 0 Å². The number of ether oxygens (including phenoxy) is 1. The van der Waals surface area contributed by atoms with Crippen molar-refractivity contribution in [3.8, 4) is 0 Å². The van der Waals surface area contributed by atoms with Gasteiger partial charge in [-0.2, -0.15) is 0 Å². The lowest BCUT2D eigenvalue weighted by atomic mass is 10.1. The molecule has 0 unspecified atom stereocenters. The Morgan fingerprint density at radius 3 is 1.73 bits per heavy atom. The van der Waals surface area contributed by atoms with E-state index in [9.17, 15) is 4.79 Å². The van der Waals surface area contributed by atoms with Gasteiger partial charge in [0.05, 0.1) is 6.61 Å². The summed E-state index contributed by atoms with van der Waals surface area (Å²) < 4.78 is 4.78. The number of hydrogen-bond acceptors (Lipinski definition) is 2. The molecular weight excluding hydrogens is 320 g/mol. The molecule has 0 heterocycles. The predicted octanol–water partition coefficient (Wildman–Crippen LogP) is 7.03. The van der Waals surface area contributed by atoms with Gasteiger partial charge in [0.1, 0.15) is 0 Å². The topological polar surface area (TPSA) is 26.3 Å². The highest BCUT2D eigenvalue weighted by molar-refractivity contribution is 5.82. The maximum absolute atomic E-state index is 11.0. The van der Waals surface area contributed by atoms with Crippen molar-refractivity contribution in [3.05, 3.63) is 72.9 Å². The first-order chi connectivity index (χ1) is 12.8. The number of allylic oxidation sites excluding steroid dienone is 11. The smallest absolute Gasteiger partial charge is 0.330 e. The van der Waals surface area contributed by atoms with E-state index in [0.29, 0.717) is 6.61 Å². The summed E-state index contributed by atoms with van der Waals surface area (Å²) in [7, 11) is 0. The molecule has 2 heteroatoms. The summed E-state index contributed by atoms with van der Waals surface area (Å²) in [6.45, 7) is 4.45. The van der Waals surface area contributed by atoms with Crippen molar-refractivity contribution in [3.63, 3.8) is 0 Å². The van der Waals surface area contributed by atoms with E-state index in [4.69, 9.17) is 4.74 Å². The van der Waals surface area contributed by atoms with Gasteiger partial charge in [0.2, 0.25) is 0 Å². The second-order valence-corrected chi connectivity index (χ2v) is 5.99. The normalized spacial score (nSPS) is 12.8. The Balaban J connectivity index is 3.64. The molecule has 0 amide bonds. The predicted molar refractivity (Wildman–Crippen MR) is 114 cm³/mol. The minimum Gasteiger partial charge on any atom is -0.463 e. The van der Waals surface area contributed by atoms with Crippen molar-refractivity contribution in [2.24, 2.45) is 0 Å². The van der Waals surface area contributed by atoms with Crippen molar-refractivity contribution < 1.29 is 9.53 Å². The van der Waals surface area contributed by atoms with E-state index in [1.54, 1.807) is 19.1 Å². The largest absolute Gasteiger partial charge is 0.463 e. The highest BCUT2D eigenvalue weighted by Crippen LogP contribution is 2.08. The van der Waals surface area contributed by atoms with Crippen molar-refractivity contribution in [2.45, 2.75) is 65.2 Å². The van der Waals surface area contributed by atoms with Gasteiger partial charge in [-0.1, -0.05) is 112 Å². The van der Waals surface area contributed by atoms with E-state index < -0.39 is 0 Å². The Labute approximate surface area is 160 Å². The van der Waals surface area contributed by atoms with Crippen LogP contribution < -0.4 is 0 Å². The molecule has 0 N–H and O–H groups in total. The Morgan fingerprint density at radius 1 is 0.654 bits per heavy atom. The van der Waals surface area contributed by atoms with E-state index >= 15 is 0 Å². The molecule has 0 atom stereocenters. The van der Waals surface area contributed by atoms with Gasteiger partial charge in [-0.3, -0.25) is 0 Å². The summed E-state index contributed by atoms with van der Waals surface area (Å²) >= 11 is 0. The summed E-state index contributed by atoms with van der Waals surface area (Å²) in [4.78, 5) is 11.0. The maximum atomic E-state index is 11.0. The summed E-state index contributed by atoms with van der Waals surface area (Å²) in [5.74, 6) is -0.314. The van der Waals surface area contributed by atoms with Gasteiger partial charge in [-0.05, 0) is 19.8 Å².